The maximum Gasteiger partial charge on any atom is 0.281 e. The summed E-state index contributed by atoms with van der Waals surface area (Å²) in [5.41, 5.74) is 0.536. The zero-order chi connectivity index (χ0) is 23.7. The molecule has 0 saturated carbocycles. The van der Waals surface area contributed by atoms with Gasteiger partial charge in [-0.2, -0.15) is 0 Å². The summed E-state index contributed by atoms with van der Waals surface area (Å²) in [7, 11) is 0. The van der Waals surface area contributed by atoms with Gasteiger partial charge in [0, 0.05) is 64.1 Å². The zero-order valence-corrected chi connectivity index (χ0v) is 18.6. The lowest BCUT2D eigenvalue weighted by molar-refractivity contribution is 0.0612. The molecular formula is C22H24N8O4. The van der Waals surface area contributed by atoms with E-state index in [4.69, 9.17) is 0 Å². The van der Waals surface area contributed by atoms with Gasteiger partial charge < -0.3 is 9.80 Å². The van der Waals surface area contributed by atoms with Crippen LogP contribution in [0.1, 0.15) is 54.8 Å². The predicted octanol–water partition coefficient (Wildman–Crippen LogP) is -0.443. The van der Waals surface area contributed by atoms with Gasteiger partial charge in [0.05, 0.1) is 0 Å². The van der Waals surface area contributed by atoms with Crippen LogP contribution in [0.4, 0.5) is 0 Å². The zero-order valence-electron chi connectivity index (χ0n) is 18.6. The van der Waals surface area contributed by atoms with Gasteiger partial charge in [-0.1, -0.05) is 0 Å². The van der Waals surface area contributed by atoms with Gasteiger partial charge in [0.25, 0.3) is 23.6 Å². The molecular weight excluding hydrogens is 440 g/mol. The number of amides is 4. The van der Waals surface area contributed by atoms with Crippen LogP contribution < -0.4 is 0 Å². The average Bonchev–Trinajstić information content (AvgIpc) is 3.26. The molecule has 0 atom stereocenters. The number of piperazine rings is 1. The third-order valence-corrected chi connectivity index (χ3v) is 6.36. The van der Waals surface area contributed by atoms with Crippen molar-refractivity contribution in [3.05, 3.63) is 47.6 Å². The van der Waals surface area contributed by atoms with Crippen molar-refractivity contribution in [2.24, 2.45) is 0 Å². The van der Waals surface area contributed by atoms with Gasteiger partial charge in [-0.05, 0) is 25.9 Å². The average molecular weight is 464 g/mol. The van der Waals surface area contributed by atoms with Gasteiger partial charge in [-0.25, -0.2) is 19.9 Å². The molecule has 3 aliphatic heterocycles. The third kappa shape index (κ3) is 4.05. The number of aromatic nitrogens is 4. The molecule has 0 aliphatic carbocycles. The molecule has 12 nitrogen and oxygen atoms in total. The maximum atomic E-state index is 12.4. The summed E-state index contributed by atoms with van der Waals surface area (Å²) < 4.78 is 0. The Kier molecular flexibility index (Phi) is 6.07. The van der Waals surface area contributed by atoms with Gasteiger partial charge in [0.2, 0.25) is 0 Å². The highest BCUT2D eigenvalue weighted by molar-refractivity contribution is 6.19. The Hall–Kier alpha value is -3.64. The van der Waals surface area contributed by atoms with E-state index < -0.39 is 0 Å². The molecule has 0 unspecified atom stereocenters. The summed E-state index contributed by atoms with van der Waals surface area (Å²) in [5, 5.41) is 0. The quantitative estimate of drug-likeness (QED) is 0.473. The van der Waals surface area contributed by atoms with Crippen LogP contribution in [0.25, 0.3) is 0 Å². The fourth-order valence-electron chi connectivity index (χ4n) is 4.55. The molecule has 0 spiro atoms. The Bertz CT molecular complexity index is 988. The van der Waals surface area contributed by atoms with Gasteiger partial charge in [-0.3, -0.25) is 29.0 Å². The molecule has 0 bridgehead atoms. The highest BCUT2D eigenvalue weighted by Gasteiger charge is 2.38. The Morgan fingerprint density at radius 2 is 0.794 bits per heavy atom. The van der Waals surface area contributed by atoms with Gasteiger partial charge in [-0.15, -0.1) is 0 Å². The summed E-state index contributed by atoms with van der Waals surface area (Å²) >= 11 is 0. The summed E-state index contributed by atoms with van der Waals surface area (Å²) in [4.78, 5) is 72.4. The van der Waals surface area contributed by atoms with Crippen LogP contribution in [0, 0.1) is 0 Å². The highest BCUT2D eigenvalue weighted by Crippen LogP contribution is 2.20. The molecule has 176 valence electrons. The van der Waals surface area contributed by atoms with E-state index in [0.29, 0.717) is 25.9 Å². The first-order valence-corrected chi connectivity index (χ1v) is 11.3. The van der Waals surface area contributed by atoms with Crippen molar-refractivity contribution in [1.82, 2.24) is 39.5 Å². The lowest BCUT2D eigenvalue weighted by Crippen LogP contribution is -2.47. The SMILES string of the molecule is O=C1c2nccnc2C(=O)N1CCCN1CCN(CCCN2C(=O)c3nccnc3C2=O)CC1. The molecule has 5 rings (SSSR count). The van der Waals surface area contributed by atoms with E-state index in [2.05, 4.69) is 29.7 Å². The van der Waals surface area contributed by atoms with E-state index in [-0.39, 0.29) is 46.4 Å². The second-order valence-electron chi connectivity index (χ2n) is 8.42. The van der Waals surface area contributed by atoms with Crippen LogP contribution in [0.5, 0.6) is 0 Å². The Morgan fingerprint density at radius 1 is 0.500 bits per heavy atom. The van der Waals surface area contributed by atoms with Crippen molar-refractivity contribution in [2.45, 2.75) is 12.8 Å². The van der Waals surface area contributed by atoms with Crippen LogP contribution in [0.3, 0.4) is 0 Å². The number of rotatable bonds is 8. The number of hydrogen-bond acceptors (Lipinski definition) is 10. The highest BCUT2D eigenvalue weighted by atomic mass is 16.2. The second kappa shape index (κ2) is 9.31. The fraction of sp³-hybridized carbons (Fsp3) is 0.455. The van der Waals surface area contributed by atoms with E-state index in [1.165, 1.54) is 34.6 Å². The van der Waals surface area contributed by atoms with Crippen molar-refractivity contribution < 1.29 is 19.2 Å². The summed E-state index contributed by atoms with van der Waals surface area (Å²) in [5.74, 6) is -1.49. The van der Waals surface area contributed by atoms with E-state index in [9.17, 15) is 19.2 Å². The van der Waals surface area contributed by atoms with Crippen LogP contribution in [0.2, 0.25) is 0 Å². The number of fused-ring (bicyclic) bond motifs is 2. The molecule has 0 aromatic carbocycles. The van der Waals surface area contributed by atoms with E-state index in [1.807, 2.05) is 0 Å². The minimum atomic E-state index is -0.373. The number of nitrogens with zero attached hydrogens (tertiary/aromatic N) is 8. The molecule has 34 heavy (non-hydrogen) atoms. The Balaban J connectivity index is 1.01. The smallest absolute Gasteiger partial charge is 0.281 e. The van der Waals surface area contributed by atoms with Crippen LogP contribution in [0.15, 0.2) is 24.8 Å². The number of imide groups is 2. The van der Waals surface area contributed by atoms with Crippen LogP contribution in [-0.2, 0) is 0 Å². The minimum Gasteiger partial charge on any atom is -0.301 e. The molecule has 3 aliphatic rings. The topological polar surface area (TPSA) is 133 Å². The molecule has 0 N–H and O–H groups in total. The number of carbonyl (C=O) groups excluding carboxylic acids is 4. The Labute approximate surface area is 195 Å². The van der Waals surface area contributed by atoms with E-state index in [1.54, 1.807) is 0 Å². The van der Waals surface area contributed by atoms with Crippen molar-refractivity contribution in [2.75, 3.05) is 52.4 Å². The predicted molar refractivity (Wildman–Crippen MR) is 117 cm³/mol. The summed E-state index contributed by atoms with van der Waals surface area (Å²) in [6, 6.07) is 0. The first kappa shape index (κ1) is 22.2. The number of hydrogen-bond donors (Lipinski definition) is 0. The number of carbonyl (C=O) groups is 4. The van der Waals surface area contributed by atoms with Gasteiger partial charge >= 0.3 is 0 Å². The van der Waals surface area contributed by atoms with E-state index >= 15 is 0 Å². The van der Waals surface area contributed by atoms with Crippen molar-refractivity contribution in [1.29, 1.82) is 0 Å². The molecule has 5 heterocycles. The molecule has 1 fully saturated rings. The molecule has 12 heteroatoms. The van der Waals surface area contributed by atoms with Gasteiger partial charge in [0.15, 0.2) is 22.8 Å². The molecule has 1 saturated heterocycles. The van der Waals surface area contributed by atoms with Crippen molar-refractivity contribution in [3.8, 4) is 0 Å². The molecule has 4 amide bonds. The lowest BCUT2D eigenvalue weighted by atomic mass is 10.2. The normalized spacial score (nSPS) is 18.7. The summed E-state index contributed by atoms with van der Waals surface area (Å²) in [6.07, 6.45) is 7.05. The maximum absolute atomic E-state index is 12.4. The largest absolute Gasteiger partial charge is 0.301 e. The van der Waals surface area contributed by atoms with Crippen LogP contribution in [-0.4, -0.2) is 116 Å². The third-order valence-electron chi connectivity index (χ3n) is 6.36. The van der Waals surface area contributed by atoms with E-state index in [0.717, 1.165) is 39.3 Å². The monoisotopic (exact) mass is 464 g/mol. The molecule has 2 aromatic heterocycles. The molecule has 2 aromatic rings. The lowest BCUT2D eigenvalue weighted by Gasteiger charge is -2.35. The van der Waals surface area contributed by atoms with Gasteiger partial charge in [0.1, 0.15) is 0 Å². The van der Waals surface area contributed by atoms with Crippen LogP contribution >= 0.6 is 0 Å². The first-order chi connectivity index (χ1) is 16.5. The first-order valence-electron chi connectivity index (χ1n) is 11.3. The molecule has 0 radical (unpaired) electrons. The summed E-state index contributed by atoms with van der Waals surface area (Å²) in [6.45, 7) is 5.80. The minimum absolute atomic E-state index is 0.134. The fourth-order valence-corrected chi connectivity index (χ4v) is 4.55. The van der Waals surface area contributed by atoms with Crippen molar-refractivity contribution in [3.63, 3.8) is 0 Å². The standard InChI is InChI=1S/C22H24N8O4/c31-19-15-16(24-4-3-23-15)20(32)29(19)9-1-7-27-11-13-28(14-12-27)8-2-10-30-21(33)17-18(22(30)34)26-6-5-25-17/h3-6H,1-2,7-14H2. The van der Waals surface area contributed by atoms with Crippen molar-refractivity contribution >= 4 is 23.6 Å². The second-order valence-corrected chi connectivity index (χ2v) is 8.42. The Morgan fingerprint density at radius 3 is 1.09 bits per heavy atom.